The summed E-state index contributed by atoms with van der Waals surface area (Å²) in [6, 6.07) is 13.4. The summed E-state index contributed by atoms with van der Waals surface area (Å²) < 4.78 is 19.3. The molecule has 2 heterocycles. The van der Waals surface area contributed by atoms with Gasteiger partial charge in [0.1, 0.15) is 5.82 Å². The van der Waals surface area contributed by atoms with E-state index in [2.05, 4.69) is 22.4 Å². The van der Waals surface area contributed by atoms with Crippen molar-refractivity contribution in [3.05, 3.63) is 76.5 Å². The molecule has 1 unspecified atom stereocenters. The predicted octanol–water partition coefficient (Wildman–Crippen LogP) is 5.60. The van der Waals surface area contributed by atoms with E-state index in [1.165, 1.54) is 12.1 Å². The SMILES string of the molecule is CCCN1C(=S)NC(c2ccc(Cl)cc2)C(c2nc(-c3cccc(F)c3)no2)=C1C. The van der Waals surface area contributed by atoms with Gasteiger partial charge in [-0.2, -0.15) is 4.98 Å². The molecule has 1 aliphatic rings. The zero-order chi connectivity index (χ0) is 21.3. The molecule has 1 aromatic heterocycles. The molecule has 5 nitrogen and oxygen atoms in total. The van der Waals surface area contributed by atoms with Gasteiger partial charge >= 0.3 is 0 Å². The molecule has 1 N–H and O–H groups in total. The Morgan fingerprint density at radius 2 is 2.00 bits per heavy atom. The van der Waals surface area contributed by atoms with Gasteiger partial charge in [0.15, 0.2) is 5.11 Å². The number of thiocarbonyl (C=S) groups is 1. The van der Waals surface area contributed by atoms with E-state index in [1.807, 2.05) is 36.1 Å². The topological polar surface area (TPSA) is 54.2 Å². The van der Waals surface area contributed by atoms with Crippen molar-refractivity contribution < 1.29 is 8.91 Å². The van der Waals surface area contributed by atoms with E-state index in [-0.39, 0.29) is 11.9 Å². The molecule has 0 fully saturated rings. The molecule has 0 spiro atoms. The van der Waals surface area contributed by atoms with E-state index in [0.717, 1.165) is 29.8 Å². The lowest BCUT2D eigenvalue weighted by atomic mass is 9.95. The van der Waals surface area contributed by atoms with Crippen molar-refractivity contribution >= 4 is 34.5 Å². The number of aromatic nitrogens is 2. The Kier molecular flexibility index (Phi) is 5.83. The van der Waals surface area contributed by atoms with Crippen molar-refractivity contribution in [3.8, 4) is 11.4 Å². The molecule has 0 saturated carbocycles. The summed E-state index contributed by atoms with van der Waals surface area (Å²) >= 11 is 11.7. The van der Waals surface area contributed by atoms with Crippen LogP contribution in [0.15, 0.2) is 58.8 Å². The lowest BCUT2D eigenvalue weighted by molar-refractivity contribution is 0.396. The fourth-order valence-electron chi connectivity index (χ4n) is 3.53. The van der Waals surface area contributed by atoms with Crippen LogP contribution in [0.2, 0.25) is 5.02 Å². The Hall–Kier alpha value is -2.77. The Bertz CT molecular complexity index is 1110. The Labute approximate surface area is 184 Å². The van der Waals surface area contributed by atoms with Crippen LogP contribution in [-0.4, -0.2) is 26.7 Å². The van der Waals surface area contributed by atoms with E-state index < -0.39 is 0 Å². The van der Waals surface area contributed by atoms with Gasteiger partial charge < -0.3 is 14.7 Å². The molecular weight excluding hydrogens is 423 g/mol. The molecule has 3 aromatic rings. The second-order valence-corrected chi connectivity index (χ2v) is 7.84. The van der Waals surface area contributed by atoms with E-state index in [9.17, 15) is 4.39 Å². The third-order valence-corrected chi connectivity index (χ3v) is 5.58. The van der Waals surface area contributed by atoms with Crippen LogP contribution >= 0.6 is 23.8 Å². The summed E-state index contributed by atoms with van der Waals surface area (Å²) in [6.07, 6.45) is 0.927. The summed E-state index contributed by atoms with van der Waals surface area (Å²) in [7, 11) is 0. The van der Waals surface area contributed by atoms with Gasteiger partial charge in [-0.25, -0.2) is 4.39 Å². The molecule has 1 aliphatic heterocycles. The minimum Gasteiger partial charge on any atom is -0.351 e. The third-order valence-electron chi connectivity index (χ3n) is 4.99. The largest absolute Gasteiger partial charge is 0.351 e. The zero-order valence-electron chi connectivity index (χ0n) is 16.5. The highest BCUT2D eigenvalue weighted by molar-refractivity contribution is 7.80. The Balaban J connectivity index is 1.81. The molecule has 0 aliphatic carbocycles. The van der Waals surface area contributed by atoms with Crippen LogP contribution < -0.4 is 5.32 Å². The number of benzene rings is 2. The lowest BCUT2D eigenvalue weighted by Crippen LogP contribution is -2.46. The molecule has 0 bridgehead atoms. The summed E-state index contributed by atoms with van der Waals surface area (Å²) in [5.74, 6) is 0.338. The highest BCUT2D eigenvalue weighted by Crippen LogP contribution is 2.37. The van der Waals surface area contributed by atoms with Crippen LogP contribution in [0.1, 0.15) is 37.8 Å². The fraction of sp³-hybridized carbons (Fsp3) is 0.227. The summed E-state index contributed by atoms with van der Waals surface area (Å²) in [4.78, 5) is 6.60. The average Bonchev–Trinajstić information content (AvgIpc) is 3.21. The van der Waals surface area contributed by atoms with Crippen molar-refractivity contribution in [2.24, 2.45) is 0 Å². The number of nitrogens with one attached hydrogen (secondary N) is 1. The molecule has 1 atom stereocenters. The maximum atomic E-state index is 13.6. The quantitative estimate of drug-likeness (QED) is 0.519. The third kappa shape index (κ3) is 3.95. The minimum atomic E-state index is -0.355. The number of rotatable bonds is 5. The normalized spacial score (nSPS) is 16.7. The van der Waals surface area contributed by atoms with E-state index in [0.29, 0.717) is 27.4 Å². The van der Waals surface area contributed by atoms with Crippen LogP contribution in [0.3, 0.4) is 0 Å². The second-order valence-electron chi connectivity index (χ2n) is 7.02. The van der Waals surface area contributed by atoms with Gasteiger partial charge in [0.25, 0.3) is 5.89 Å². The number of hydrogen-bond acceptors (Lipinski definition) is 4. The van der Waals surface area contributed by atoms with Gasteiger partial charge in [-0.05, 0) is 55.4 Å². The van der Waals surface area contributed by atoms with Gasteiger partial charge in [0.2, 0.25) is 5.82 Å². The van der Waals surface area contributed by atoms with Gasteiger partial charge in [-0.15, -0.1) is 0 Å². The molecule has 4 rings (SSSR count). The number of nitrogens with zero attached hydrogens (tertiary/aromatic N) is 3. The number of halogens is 2. The Morgan fingerprint density at radius 1 is 1.23 bits per heavy atom. The minimum absolute atomic E-state index is 0.274. The second kappa shape index (κ2) is 8.53. The van der Waals surface area contributed by atoms with E-state index in [4.69, 9.17) is 28.3 Å². The van der Waals surface area contributed by atoms with Gasteiger partial charge in [0.05, 0.1) is 11.6 Å². The molecule has 0 radical (unpaired) electrons. The molecule has 8 heteroatoms. The Morgan fingerprint density at radius 3 is 2.70 bits per heavy atom. The lowest BCUT2D eigenvalue weighted by Gasteiger charge is -2.37. The number of hydrogen-bond donors (Lipinski definition) is 1. The van der Waals surface area contributed by atoms with Crippen LogP contribution in [0.5, 0.6) is 0 Å². The van der Waals surface area contributed by atoms with Crippen LogP contribution in [-0.2, 0) is 0 Å². The van der Waals surface area contributed by atoms with Crippen LogP contribution in [0.4, 0.5) is 4.39 Å². The smallest absolute Gasteiger partial charge is 0.258 e. The number of allylic oxidation sites excluding steroid dienone is 1. The zero-order valence-corrected chi connectivity index (χ0v) is 18.1. The van der Waals surface area contributed by atoms with Gasteiger partial charge in [-0.1, -0.05) is 47.9 Å². The van der Waals surface area contributed by atoms with Crippen molar-refractivity contribution in [1.29, 1.82) is 0 Å². The average molecular weight is 443 g/mol. The summed E-state index contributed by atoms with van der Waals surface area (Å²) in [5.41, 5.74) is 3.29. The first-order chi connectivity index (χ1) is 14.5. The first-order valence-corrected chi connectivity index (χ1v) is 10.4. The maximum Gasteiger partial charge on any atom is 0.258 e. The van der Waals surface area contributed by atoms with Crippen molar-refractivity contribution in [2.45, 2.75) is 26.3 Å². The first-order valence-electron chi connectivity index (χ1n) is 9.62. The summed E-state index contributed by atoms with van der Waals surface area (Å²) in [6.45, 7) is 4.85. The van der Waals surface area contributed by atoms with Crippen LogP contribution in [0.25, 0.3) is 17.0 Å². The van der Waals surface area contributed by atoms with E-state index in [1.54, 1.807) is 12.1 Å². The highest BCUT2D eigenvalue weighted by atomic mass is 35.5. The van der Waals surface area contributed by atoms with Crippen LogP contribution in [0, 0.1) is 5.82 Å². The van der Waals surface area contributed by atoms with Gasteiger partial charge in [-0.3, -0.25) is 0 Å². The molecule has 30 heavy (non-hydrogen) atoms. The standard InChI is InChI=1S/C22H20ClFN4OS/c1-3-11-28-13(2)18(19(25-22(28)30)14-7-9-16(23)10-8-14)21-26-20(27-29-21)15-5-4-6-17(24)12-15/h4-10,12,19H,3,11H2,1-2H3,(H,25,30). The monoisotopic (exact) mass is 442 g/mol. The molecule has 0 saturated heterocycles. The molecule has 2 aromatic carbocycles. The van der Waals surface area contributed by atoms with Crippen molar-refractivity contribution in [3.63, 3.8) is 0 Å². The molecular formula is C22H20ClFN4OS. The van der Waals surface area contributed by atoms with Crippen molar-refractivity contribution in [2.75, 3.05) is 6.54 Å². The molecule has 154 valence electrons. The van der Waals surface area contributed by atoms with E-state index >= 15 is 0 Å². The maximum absolute atomic E-state index is 13.6. The highest BCUT2D eigenvalue weighted by Gasteiger charge is 2.33. The predicted molar refractivity (Wildman–Crippen MR) is 119 cm³/mol. The van der Waals surface area contributed by atoms with Gasteiger partial charge in [0, 0.05) is 22.8 Å². The molecule has 0 amide bonds. The first kappa shape index (κ1) is 20.5. The fourth-order valence-corrected chi connectivity index (χ4v) is 4.01. The van der Waals surface area contributed by atoms with Crippen molar-refractivity contribution in [1.82, 2.24) is 20.4 Å². The summed E-state index contributed by atoms with van der Waals surface area (Å²) in [5, 5.41) is 8.77.